The van der Waals surface area contributed by atoms with Crippen LogP contribution in [-0.2, 0) is 11.3 Å². The van der Waals surface area contributed by atoms with E-state index < -0.39 is 0 Å². The second-order valence-electron chi connectivity index (χ2n) is 5.62. The van der Waals surface area contributed by atoms with Gasteiger partial charge in [0.25, 0.3) is 0 Å². The van der Waals surface area contributed by atoms with Gasteiger partial charge in [-0.25, -0.2) is 9.67 Å². The standard InChI is InChI=1S/C19H29N5O2/c1-4-20-19(21-12-6-14-26-5-2)22-15-16-11-13-24(23-16)17-7-9-18(25-3)10-8-17/h7-11,13H,4-6,12,14-15H2,1-3H3,(H2,20,21,22). The summed E-state index contributed by atoms with van der Waals surface area (Å²) in [6, 6.07) is 9.77. The first-order valence-electron chi connectivity index (χ1n) is 9.05. The van der Waals surface area contributed by atoms with E-state index in [4.69, 9.17) is 9.47 Å². The maximum absolute atomic E-state index is 5.34. The maximum atomic E-state index is 5.34. The number of nitrogens with one attached hydrogen (secondary N) is 2. The number of hydrogen-bond acceptors (Lipinski definition) is 4. The van der Waals surface area contributed by atoms with Gasteiger partial charge in [-0.05, 0) is 50.6 Å². The van der Waals surface area contributed by atoms with Gasteiger partial charge in [-0.15, -0.1) is 0 Å². The van der Waals surface area contributed by atoms with Crippen LogP contribution >= 0.6 is 0 Å². The Morgan fingerprint density at radius 3 is 2.65 bits per heavy atom. The number of nitrogens with zero attached hydrogens (tertiary/aromatic N) is 3. The van der Waals surface area contributed by atoms with E-state index in [0.717, 1.165) is 55.8 Å². The molecule has 2 N–H and O–H groups in total. The van der Waals surface area contributed by atoms with Crippen LogP contribution in [0.4, 0.5) is 0 Å². The summed E-state index contributed by atoms with van der Waals surface area (Å²) in [6.07, 6.45) is 2.89. The van der Waals surface area contributed by atoms with E-state index in [1.165, 1.54) is 0 Å². The van der Waals surface area contributed by atoms with Crippen LogP contribution in [0, 0.1) is 0 Å². The van der Waals surface area contributed by atoms with E-state index in [1.807, 2.05) is 48.1 Å². The monoisotopic (exact) mass is 359 g/mol. The maximum Gasteiger partial charge on any atom is 0.191 e. The molecule has 142 valence electrons. The number of guanidine groups is 1. The number of hydrogen-bond donors (Lipinski definition) is 2. The molecule has 0 aliphatic carbocycles. The molecule has 1 heterocycles. The second-order valence-corrected chi connectivity index (χ2v) is 5.62. The molecule has 0 radical (unpaired) electrons. The molecule has 2 aromatic rings. The molecule has 1 aromatic carbocycles. The van der Waals surface area contributed by atoms with Gasteiger partial charge in [-0.3, -0.25) is 0 Å². The summed E-state index contributed by atoms with van der Waals surface area (Å²) in [4.78, 5) is 4.59. The van der Waals surface area contributed by atoms with Crippen LogP contribution in [0.5, 0.6) is 5.75 Å². The number of rotatable bonds is 10. The summed E-state index contributed by atoms with van der Waals surface area (Å²) >= 11 is 0. The van der Waals surface area contributed by atoms with Crippen molar-refractivity contribution in [3.63, 3.8) is 0 Å². The molecule has 26 heavy (non-hydrogen) atoms. The van der Waals surface area contributed by atoms with Crippen LogP contribution in [0.25, 0.3) is 5.69 Å². The predicted octanol–water partition coefficient (Wildman–Crippen LogP) is 2.36. The number of methoxy groups -OCH3 is 1. The first kappa shape index (κ1) is 19.8. The highest BCUT2D eigenvalue weighted by Gasteiger charge is 2.03. The van der Waals surface area contributed by atoms with E-state index in [-0.39, 0.29) is 0 Å². The van der Waals surface area contributed by atoms with Crippen LogP contribution in [-0.4, -0.2) is 49.2 Å². The molecule has 2 rings (SSSR count). The van der Waals surface area contributed by atoms with Gasteiger partial charge in [-0.2, -0.15) is 5.10 Å². The molecular formula is C19H29N5O2. The fourth-order valence-electron chi connectivity index (χ4n) is 2.35. The van der Waals surface area contributed by atoms with Crippen molar-refractivity contribution in [1.29, 1.82) is 0 Å². The van der Waals surface area contributed by atoms with Gasteiger partial charge in [0.05, 0.1) is 25.0 Å². The van der Waals surface area contributed by atoms with Crippen LogP contribution < -0.4 is 15.4 Å². The molecule has 0 bridgehead atoms. The van der Waals surface area contributed by atoms with Gasteiger partial charge in [0.2, 0.25) is 0 Å². The predicted molar refractivity (Wildman–Crippen MR) is 104 cm³/mol. The molecule has 0 fully saturated rings. The second kappa shape index (κ2) is 11.1. The first-order valence-corrected chi connectivity index (χ1v) is 9.05. The smallest absolute Gasteiger partial charge is 0.191 e. The molecule has 0 amide bonds. The molecule has 7 heteroatoms. The zero-order chi connectivity index (χ0) is 18.6. The lowest BCUT2D eigenvalue weighted by atomic mass is 10.3. The fraction of sp³-hybridized carbons (Fsp3) is 0.474. The Balaban J connectivity index is 1.91. The fourth-order valence-corrected chi connectivity index (χ4v) is 2.35. The number of benzene rings is 1. The quantitative estimate of drug-likeness (QED) is 0.387. The van der Waals surface area contributed by atoms with Gasteiger partial charge in [0.1, 0.15) is 5.75 Å². The zero-order valence-electron chi connectivity index (χ0n) is 15.9. The van der Waals surface area contributed by atoms with Crippen LogP contribution in [0.1, 0.15) is 26.0 Å². The molecule has 0 saturated heterocycles. The Kier molecular flexibility index (Phi) is 8.48. The van der Waals surface area contributed by atoms with E-state index in [1.54, 1.807) is 7.11 Å². The van der Waals surface area contributed by atoms with Gasteiger partial charge < -0.3 is 20.1 Å². The zero-order valence-corrected chi connectivity index (χ0v) is 15.9. The van der Waals surface area contributed by atoms with Gasteiger partial charge in [0, 0.05) is 32.5 Å². The van der Waals surface area contributed by atoms with Crippen LogP contribution in [0.2, 0.25) is 0 Å². The Morgan fingerprint density at radius 2 is 1.96 bits per heavy atom. The van der Waals surface area contributed by atoms with Crippen molar-refractivity contribution in [1.82, 2.24) is 20.4 Å². The highest BCUT2D eigenvalue weighted by Crippen LogP contribution is 2.14. The summed E-state index contributed by atoms with van der Waals surface area (Å²) in [5.41, 5.74) is 1.90. The largest absolute Gasteiger partial charge is 0.497 e. The first-order chi connectivity index (χ1) is 12.8. The number of ether oxygens (including phenoxy) is 2. The van der Waals surface area contributed by atoms with Gasteiger partial charge in [-0.1, -0.05) is 0 Å². The van der Waals surface area contributed by atoms with Crippen molar-refractivity contribution in [3.05, 3.63) is 42.2 Å². The average Bonchev–Trinajstić information content (AvgIpc) is 3.15. The molecule has 0 aliphatic rings. The van der Waals surface area contributed by atoms with E-state index in [9.17, 15) is 0 Å². The third-order valence-corrected chi connectivity index (χ3v) is 3.69. The van der Waals surface area contributed by atoms with Crippen molar-refractivity contribution < 1.29 is 9.47 Å². The summed E-state index contributed by atoms with van der Waals surface area (Å²) in [6.45, 7) is 7.73. The summed E-state index contributed by atoms with van der Waals surface area (Å²) < 4.78 is 12.4. The highest BCUT2D eigenvalue weighted by atomic mass is 16.5. The van der Waals surface area contributed by atoms with Gasteiger partial charge >= 0.3 is 0 Å². The van der Waals surface area contributed by atoms with E-state index in [0.29, 0.717) is 6.54 Å². The van der Waals surface area contributed by atoms with Crippen molar-refractivity contribution in [2.24, 2.45) is 4.99 Å². The molecule has 1 aromatic heterocycles. The highest BCUT2D eigenvalue weighted by molar-refractivity contribution is 5.79. The molecule has 0 spiro atoms. The normalized spacial score (nSPS) is 11.4. The van der Waals surface area contributed by atoms with Crippen molar-refractivity contribution in [2.45, 2.75) is 26.8 Å². The van der Waals surface area contributed by atoms with Gasteiger partial charge in [0.15, 0.2) is 5.96 Å². The Bertz CT molecular complexity index is 667. The lowest BCUT2D eigenvalue weighted by molar-refractivity contribution is 0.145. The minimum absolute atomic E-state index is 0.518. The minimum Gasteiger partial charge on any atom is -0.497 e. The molecule has 0 saturated carbocycles. The van der Waals surface area contributed by atoms with Crippen molar-refractivity contribution in [3.8, 4) is 11.4 Å². The molecule has 0 aliphatic heterocycles. The minimum atomic E-state index is 0.518. The SMILES string of the molecule is CCNC(=NCc1ccn(-c2ccc(OC)cc2)n1)NCCCOCC. The number of aromatic nitrogens is 2. The number of aliphatic imine (C=N–C) groups is 1. The molecule has 7 nitrogen and oxygen atoms in total. The third-order valence-electron chi connectivity index (χ3n) is 3.69. The Morgan fingerprint density at radius 1 is 1.15 bits per heavy atom. The Labute approximate surface area is 155 Å². The van der Waals surface area contributed by atoms with Crippen LogP contribution in [0.3, 0.4) is 0 Å². The lowest BCUT2D eigenvalue weighted by Crippen LogP contribution is -2.38. The molecule has 0 unspecified atom stereocenters. The van der Waals surface area contributed by atoms with Crippen molar-refractivity contribution >= 4 is 5.96 Å². The van der Waals surface area contributed by atoms with Crippen molar-refractivity contribution in [2.75, 3.05) is 33.4 Å². The average molecular weight is 359 g/mol. The molecular weight excluding hydrogens is 330 g/mol. The summed E-state index contributed by atoms with van der Waals surface area (Å²) in [7, 11) is 1.66. The topological polar surface area (TPSA) is 72.7 Å². The van der Waals surface area contributed by atoms with Crippen LogP contribution in [0.15, 0.2) is 41.5 Å². The lowest BCUT2D eigenvalue weighted by Gasteiger charge is -2.10. The Hall–Kier alpha value is -2.54. The third kappa shape index (κ3) is 6.40. The molecule has 0 atom stereocenters. The van der Waals surface area contributed by atoms with E-state index in [2.05, 4.69) is 27.6 Å². The summed E-state index contributed by atoms with van der Waals surface area (Å²) in [5.74, 6) is 1.62. The van der Waals surface area contributed by atoms with E-state index >= 15 is 0 Å². The summed E-state index contributed by atoms with van der Waals surface area (Å²) in [5, 5.41) is 11.1.